The van der Waals surface area contributed by atoms with Crippen LogP contribution >= 0.6 is 35.2 Å². The summed E-state index contributed by atoms with van der Waals surface area (Å²) in [5, 5.41) is 2.92. The van der Waals surface area contributed by atoms with Crippen molar-refractivity contribution < 1.29 is 4.79 Å². The molecule has 0 aromatic carbocycles. The molecular weight excluding hydrogens is 300 g/mol. The number of carbonyl (C=O) groups is 1. The van der Waals surface area contributed by atoms with Crippen LogP contribution in [0, 0.1) is 5.41 Å². The lowest BCUT2D eigenvalue weighted by atomic mass is 9.81. The van der Waals surface area contributed by atoms with Gasteiger partial charge in [0.25, 0.3) is 0 Å². The van der Waals surface area contributed by atoms with Crippen LogP contribution in [-0.2, 0) is 11.2 Å². The molecule has 1 rings (SSSR count). The molecule has 6 heteroatoms. The second-order valence-electron chi connectivity index (χ2n) is 4.37. The molecule has 0 aliphatic heterocycles. The van der Waals surface area contributed by atoms with E-state index in [9.17, 15) is 4.79 Å². The van der Waals surface area contributed by atoms with Crippen molar-refractivity contribution in [3.63, 3.8) is 0 Å². The lowest BCUT2D eigenvalue weighted by Crippen LogP contribution is -2.48. The highest BCUT2D eigenvalue weighted by Crippen LogP contribution is 2.27. The van der Waals surface area contributed by atoms with E-state index in [2.05, 4.69) is 5.32 Å². The molecule has 0 aliphatic carbocycles. The minimum Gasteiger partial charge on any atom is -0.392 e. The number of thiocarbonyl (C=S) groups is 1. The highest BCUT2D eigenvalue weighted by atomic mass is 35.5. The summed E-state index contributed by atoms with van der Waals surface area (Å²) in [6, 6.07) is 3.83. The summed E-state index contributed by atoms with van der Waals surface area (Å²) in [6.07, 6.45) is 2.01. The van der Waals surface area contributed by atoms with Gasteiger partial charge in [-0.15, -0.1) is 11.3 Å². The van der Waals surface area contributed by atoms with Gasteiger partial charge in [-0.2, -0.15) is 0 Å². The number of rotatable bonds is 7. The molecule has 0 saturated carbocycles. The maximum atomic E-state index is 12.3. The Bertz CT molecular complexity index is 455. The van der Waals surface area contributed by atoms with E-state index < -0.39 is 5.41 Å². The van der Waals surface area contributed by atoms with E-state index in [0.717, 1.165) is 15.6 Å². The smallest absolute Gasteiger partial charge is 0.233 e. The van der Waals surface area contributed by atoms with Gasteiger partial charge in [0.05, 0.1) is 14.7 Å². The summed E-state index contributed by atoms with van der Waals surface area (Å²) in [5.41, 5.74) is 5.02. The van der Waals surface area contributed by atoms with Crippen molar-refractivity contribution in [3.8, 4) is 0 Å². The van der Waals surface area contributed by atoms with Crippen LogP contribution in [0.1, 0.15) is 31.6 Å². The van der Waals surface area contributed by atoms with Gasteiger partial charge in [-0.1, -0.05) is 37.7 Å². The molecular formula is C13H19ClN2OS2. The highest BCUT2D eigenvalue weighted by molar-refractivity contribution is 7.80. The first-order chi connectivity index (χ1) is 8.96. The number of amides is 1. The monoisotopic (exact) mass is 318 g/mol. The van der Waals surface area contributed by atoms with Gasteiger partial charge in [-0.25, -0.2) is 0 Å². The number of thiophene rings is 1. The van der Waals surface area contributed by atoms with E-state index in [1.807, 2.05) is 26.0 Å². The third-order valence-electron chi connectivity index (χ3n) is 3.40. The first-order valence-electron chi connectivity index (χ1n) is 6.28. The SMILES string of the molecule is CCC(CC)(C(=O)NCCc1ccc(Cl)s1)C(N)=S. The fourth-order valence-corrected chi connectivity index (χ4v) is 3.45. The molecule has 19 heavy (non-hydrogen) atoms. The molecule has 0 saturated heterocycles. The molecule has 106 valence electrons. The van der Waals surface area contributed by atoms with Crippen LogP contribution in [0.4, 0.5) is 0 Å². The Morgan fingerprint density at radius 2 is 2.11 bits per heavy atom. The summed E-state index contributed by atoms with van der Waals surface area (Å²) in [4.78, 5) is 13.7. The highest BCUT2D eigenvalue weighted by Gasteiger charge is 2.37. The van der Waals surface area contributed by atoms with Crippen LogP contribution in [0.2, 0.25) is 4.34 Å². The quantitative estimate of drug-likeness (QED) is 0.759. The van der Waals surface area contributed by atoms with Crippen molar-refractivity contribution in [2.24, 2.45) is 11.1 Å². The van der Waals surface area contributed by atoms with Crippen LogP contribution < -0.4 is 11.1 Å². The predicted molar refractivity (Wildman–Crippen MR) is 85.8 cm³/mol. The van der Waals surface area contributed by atoms with Crippen molar-refractivity contribution in [1.29, 1.82) is 0 Å². The summed E-state index contributed by atoms with van der Waals surface area (Å²) in [5.74, 6) is -0.0762. The van der Waals surface area contributed by atoms with E-state index in [1.165, 1.54) is 11.3 Å². The van der Waals surface area contributed by atoms with Gasteiger partial charge in [-0.3, -0.25) is 4.79 Å². The van der Waals surface area contributed by atoms with Crippen molar-refractivity contribution in [2.45, 2.75) is 33.1 Å². The Kier molecular flexibility index (Phi) is 6.23. The molecule has 0 radical (unpaired) electrons. The zero-order valence-electron chi connectivity index (χ0n) is 11.2. The fraction of sp³-hybridized carbons (Fsp3) is 0.538. The number of hydrogen-bond acceptors (Lipinski definition) is 3. The average molecular weight is 319 g/mol. The minimum absolute atomic E-state index is 0.0762. The lowest BCUT2D eigenvalue weighted by molar-refractivity contribution is -0.127. The molecule has 1 aromatic rings. The summed E-state index contributed by atoms with van der Waals surface area (Å²) >= 11 is 12.4. The van der Waals surface area contributed by atoms with Crippen molar-refractivity contribution >= 4 is 46.1 Å². The normalized spacial score (nSPS) is 11.3. The number of carbonyl (C=O) groups excluding carboxylic acids is 1. The zero-order chi connectivity index (χ0) is 14.5. The summed E-state index contributed by atoms with van der Waals surface area (Å²) in [7, 11) is 0. The van der Waals surface area contributed by atoms with Crippen molar-refractivity contribution in [1.82, 2.24) is 5.32 Å². The molecule has 0 fully saturated rings. The second-order valence-corrected chi connectivity index (χ2v) is 6.60. The van der Waals surface area contributed by atoms with Gasteiger partial charge in [0.2, 0.25) is 5.91 Å². The molecule has 1 aromatic heterocycles. The number of halogens is 1. The van der Waals surface area contributed by atoms with Crippen molar-refractivity contribution in [3.05, 3.63) is 21.3 Å². The summed E-state index contributed by atoms with van der Waals surface area (Å²) < 4.78 is 0.765. The van der Waals surface area contributed by atoms with E-state index >= 15 is 0 Å². The third-order valence-corrected chi connectivity index (χ3v) is 5.08. The standard InChI is InChI=1S/C13H19ClN2OS2/c1-3-13(4-2,11(15)18)12(17)16-8-7-9-5-6-10(14)19-9/h5-6H,3-4,7-8H2,1-2H3,(H2,15,18)(H,16,17). The van der Waals surface area contributed by atoms with E-state index in [1.54, 1.807) is 0 Å². The zero-order valence-corrected chi connectivity index (χ0v) is 13.6. The molecule has 0 unspecified atom stereocenters. The van der Waals surface area contributed by atoms with Gasteiger partial charge >= 0.3 is 0 Å². The fourth-order valence-electron chi connectivity index (χ4n) is 1.99. The van der Waals surface area contributed by atoms with Gasteiger partial charge in [0, 0.05) is 11.4 Å². The van der Waals surface area contributed by atoms with Gasteiger partial charge in [0.15, 0.2) is 0 Å². The molecule has 3 nitrogen and oxygen atoms in total. The molecule has 0 atom stereocenters. The molecule has 0 spiro atoms. The van der Waals surface area contributed by atoms with E-state index in [-0.39, 0.29) is 10.9 Å². The Labute approximate surface area is 128 Å². The maximum Gasteiger partial charge on any atom is 0.233 e. The molecule has 1 amide bonds. The summed E-state index contributed by atoms with van der Waals surface area (Å²) in [6.45, 7) is 4.43. The number of nitrogens with two attached hydrogens (primary N) is 1. The average Bonchev–Trinajstić information content (AvgIpc) is 2.77. The Morgan fingerprint density at radius 3 is 2.53 bits per heavy atom. The number of hydrogen-bond donors (Lipinski definition) is 2. The molecule has 0 bridgehead atoms. The van der Waals surface area contributed by atoms with Crippen LogP contribution in [0.5, 0.6) is 0 Å². The lowest BCUT2D eigenvalue weighted by Gasteiger charge is -2.28. The molecule has 3 N–H and O–H groups in total. The Hall–Kier alpha value is -0.650. The van der Waals surface area contributed by atoms with Gasteiger partial charge < -0.3 is 11.1 Å². The third kappa shape index (κ3) is 3.91. The molecule has 0 aliphatic rings. The second kappa shape index (κ2) is 7.22. The predicted octanol–water partition coefficient (Wildman–Crippen LogP) is 3.15. The van der Waals surface area contributed by atoms with Crippen LogP contribution in [0.15, 0.2) is 12.1 Å². The minimum atomic E-state index is -0.720. The Morgan fingerprint density at radius 1 is 1.47 bits per heavy atom. The Balaban J connectivity index is 2.56. The molecule has 1 heterocycles. The van der Waals surface area contributed by atoms with Crippen LogP contribution in [-0.4, -0.2) is 17.4 Å². The van der Waals surface area contributed by atoms with E-state index in [0.29, 0.717) is 19.4 Å². The van der Waals surface area contributed by atoms with Crippen LogP contribution in [0.3, 0.4) is 0 Å². The number of nitrogens with one attached hydrogen (secondary N) is 1. The first kappa shape index (κ1) is 16.4. The van der Waals surface area contributed by atoms with Crippen LogP contribution in [0.25, 0.3) is 0 Å². The largest absolute Gasteiger partial charge is 0.392 e. The van der Waals surface area contributed by atoms with Gasteiger partial charge in [-0.05, 0) is 31.4 Å². The topological polar surface area (TPSA) is 55.1 Å². The van der Waals surface area contributed by atoms with E-state index in [4.69, 9.17) is 29.6 Å². The maximum absolute atomic E-state index is 12.3. The van der Waals surface area contributed by atoms with Crippen molar-refractivity contribution in [2.75, 3.05) is 6.54 Å². The first-order valence-corrected chi connectivity index (χ1v) is 7.89. The van der Waals surface area contributed by atoms with Gasteiger partial charge in [0.1, 0.15) is 0 Å².